The molecule has 5 rings (SSSR count). The molecule has 1 unspecified atom stereocenters. The van der Waals surface area contributed by atoms with E-state index in [0.717, 1.165) is 33.5 Å². The topological polar surface area (TPSA) is 64.7 Å². The number of amides is 1. The molecule has 4 aromatic heterocycles. The highest BCUT2D eigenvalue weighted by Gasteiger charge is 2.17. The maximum Gasteiger partial charge on any atom is 0.242 e. The molecular formula is C25H23N5OS. The van der Waals surface area contributed by atoms with Crippen LogP contribution in [0, 0.1) is 6.92 Å². The van der Waals surface area contributed by atoms with Gasteiger partial charge in [0.2, 0.25) is 5.91 Å². The smallest absolute Gasteiger partial charge is 0.242 e. The molecule has 7 heteroatoms. The van der Waals surface area contributed by atoms with Crippen LogP contribution in [0.4, 0.5) is 0 Å². The number of fused-ring (bicyclic) bond motifs is 1. The van der Waals surface area contributed by atoms with E-state index in [-0.39, 0.29) is 18.5 Å². The van der Waals surface area contributed by atoms with Gasteiger partial charge in [0.15, 0.2) is 5.65 Å². The normalized spacial score (nSPS) is 12.2. The molecule has 6 nitrogen and oxygen atoms in total. The number of thiophene rings is 1. The van der Waals surface area contributed by atoms with Crippen LogP contribution in [-0.2, 0) is 11.3 Å². The van der Waals surface area contributed by atoms with E-state index < -0.39 is 0 Å². The van der Waals surface area contributed by atoms with Gasteiger partial charge >= 0.3 is 0 Å². The van der Waals surface area contributed by atoms with Crippen LogP contribution in [0.1, 0.15) is 24.2 Å². The molecule has 0 aliphatic carbocycles. The zero-order valence-electron chi connectivity index (χ0n) is 17.9. The Balaban J connectivity index is 1.36. The molecule has 1 amide bonds. The molecule has 160 valence electrons. The Morgan fingerprint density at radius 3 is 2.75 bits per heavy atom. The first-order valence-corrected chi connectivity index (χ1v) is 11.4. The number of nitrogens with one attached hydrogen (secondary N) is 1. The molecule has 0 saturated heterocycles. The zero-order chi connectivity index (χ0) is 22.1. The van der Waals surface area contributed by atoms with Gasteiger partial charge in [0.1, 0.15) is 6.54 Å². The van der Waals surface area contributed by atoms with Crippen molar-refractivity contribution in [3.63, 3.8) is 0 Å². The predicted octanol–water partition coefficient (Wildman–Crippen LogP) is 5.14. The fraction of sp³-hybridized carbons (Fsp3) is 0.160. The number of nitrogens with zero attached hydrogens (tertiary/aromatic N) is 4. The number of hydrogen-bond donors (Lipinski definition) is 1. The second-order valence-corrected chi connectivity index (χ2v) is 8.70. The lowest BCUT2D eigenvalue weighted by Gasteiger charge is -2.16. The summed E-state index contributed by atoms with van der Waals surface area (Å²) in [6.07, 6.45) is 5.79. The third-order valence-electron chi connectivity index (χ3n) is 5.54. The van der Waals surface area contributed by atoms with Crippen molar-refractivity contribution in [3.05, 3.63) is 89.8 Å². The van der Waals surface area contributed by atoms with E-state index in [1.807, 2.05) is 73.3 Å². The summed E-state index contributed by atoms with van der Waals surface area (Å²) in [6, 6.07) is 18.2. The number of benzene rings is 1. The molecule has 0 bridgehead atoms. The van der Waals surface area contributed by atoms with Crippen LogP contribution in [0.2, 0.25) is 0 Å². The largest absolute Gasteiger partial charge is 0.348 e. The van der Waals surface area contributed by atoms with E-state index in [0.29, 0.717) is 0 Å². The summed E-state index contributed by atoms with van der Waals surface area (Å²) in [6.45, 7) is 4.07. The molecule has 32 heavy (non-hydrogen) atoms. The molecular weight excluding hydrogens is 418 g/mol. The lowest BCUT2D eigenvalue weighted by atomic mass is 10.1. The average Bonchev–Trinajstić information content (AvgIpc) is 3.56. The van der Waals surface area contributed by atoms with Crippen LogP contribution < -0.4 is 5.32 Å². The minimum atomic E-state index is -0.129. The highest BCUT2D eigenvalue weighted by atomic mass is 32.1. The van der Waals surface area contributed by atoms with Crippen molar-refractivity contribution in [1.82, 2.24) is 24.6 Å². The van der Waals surface area contributed by atoms with Crippen molar-refractivity contribution < 1.29 is 4.79 Å². The minimum Gasteiger partial charge on any atom is -0.348 e. The first-order valence-electron chi connectivity index (χ1n) is 10.5. The Morgan fingerprint density at radius 1 is 1.12 bits per heavy atom. The van der Waals surface area contributed by atoms with Gasteiger partial charge in [0, 0.05) is 34.7 Å². The van der Waals surface area contributed by atoms with Crippen LogP contribution in [0.5, 0.6) is 0 Å². The first kappa shape index (κ1) is 20.2. The quantitative estimate of drug-likeness (QED) is 0.397. The zero-order valence-corrected chi connectivity index (χ0v) is 18.7. The lowest BCUT2D eigenvalue weighted by Crippen LogP contribution is -2.30. The number of aromatic nitrogens is 4. The van der Waals surface area contributed by atoms with Crippen LogP contribution in [0.25, 0.3) is 27.2 Å². The van der Waals surface area contributed by atoms with E-state index in [9.17, 15) is 4.79 Å². The lowest BCUT2D eigenvalue weighted by molar-refractivity contribution is -0.122. The molecule has 0 saturated carbocycles. The molecule has 0 aliphatic rings. The third-order valence-corrected chi connectivity index (χ3v) is 6.44. The summed E-state index contributed by atoms with van der Waals surface area (Å²) in [5.74, 6) is -0.100. The molecule has 1 N–H and O–H groups in total. The van der Waals surface area contributed by atoms with E-state index in [1.54, 1.807) is 22.2 Å². The van der Waals surface area contributed by atoms with Crippen molar-refractivity contribution in [3.8, 4) is 16.1 Å². The monoisotopic (exact) mass is 441 g/mol. The highest BCUT2D eigenvalue weighted by molar-refractivity contribution is 7.13. The van der Waals surface area contributed by atoms with Crippen LogP contribution >= 0.6 is 11.3 Å². The third kappa shape index (κ3) is 3.83. The van der Waals surface area contributed by atoms with E-state index in [1.165, 1.54) is 4.88 Å². The maximum atomic E-state index is 12.9. The summed E-state index contributed by atoms with van der Waals surface area (Å²) in [4.78, 5) is 18.6. The summed E-state index contributed by atoms with van der Waals surface area (Å²) >= 11 is 1.68. The van der Waals surface area contributed by atoms with Crippen LogP contribution in [0.15, 0.2) is 78.6 Å². The number of pyridine rings is 1. The van der Waals surface area contributed by atoms with Gasteiger partial charge < -0.3 is 9.88 Å². The molecule has 5 aromatic rings. The Bertz CT molecular complexity index is 1370. The van der Waals surface area contributed by atoms with Gasteiger partial charge in [0.05, 0.1) is 17.1 Å². The van der Waals surface area contributed by atoms with Crippen molar-refractivity contribution >= 4 is 28.3 Å². The summed E-state index contributed by atoms with van der Waals surface area (Å²) in [7, 11) is 0. The van der Waals surface area contributed by atoms with Crippen LogP contribution in [-0.4, -0.2) is 25.2 Å². The minimum absolute atomic E-state index is 0.100. The Kier molecular flexibility index (Phi) is 5.33. The van der Waals surface area contributed by atoms with Crippen molar-refractivity contribution in [2.75, 3.05) is 0 Å². The number of hydrogen-bond acceptors (Lipinski definition) is 4. The summed E-state index contributed by atoms with van der Waals surface area (Å²) < 4.78 is 3.74. The maximum absolute atomic E-state index is 12.9. The van der Waals surface area contributed by atoms with Gasteiger partial charge in [-0.05, 0) is 61.2 Å². The van der Waals surface area contributed by atoms with E-state index in [2.05, 4.69) is 32.9 Å². The van der Waals surface area contributed by atoms with Crippen molar-refractivity contribution in [2.45, 2.75) is 26.4 Å². The molecule has 4 heterocycles. The van der Waals surface area contributed by atoms with Gasteiger partial charge in [0.25, 0.3) is 0 Å². The predicted molar refractivity (Wildman–Crippen MR) is 128 cm³/mol. The summed E-state index contributed by atoms with van der Waals surface area (Å²) in [5.41, 5.74) is 4.81. The Hall–Kier alpha value is -3.71. The van der Waals surface area contributed by atoms with Gasteiger partial charge in [-0.3, -0.25) is 4.79 Å². The standard InChI is InChI=1S/C25H23N5OS/c1-17(19-7-5-8-20(15-19)29-12-3-4-13-29)27-23(31)16-30-25-24(18(2)28-30)21(10-11-26-25)22-9-6-14-32-22/h3-15,17H,16H2,1-2H3,(H,27,31). The van der Waals surface area contributed by atoms with Gasteiger partial charge in [-0.1, -0.05) is 18.2 Å². The van der Waals surface area contributed by atoms with Gasteiger partial charge in [-0.15, -0.1) is 11.3 Å². The fourth-order valence-electron chi connectivity index (χ4n) is 4.00. The van der Waals surface area contributed by atoms with Crippen LogP contribution in [0.3, 0.4) is 0 Å². The fourth-order valence-corrected chi connectivity index (χ4v) is 4.75. The Morgan fingerprint density at radius 2 is 1.97 bits per heavy atom. The second-order valence-electron chi connectivity index (χ2n) is 7.75. The van der Waals surface area contributed by atoms with Gasteiger partial charge in [-0.2, -0.15) is 5.10 Å². The summed E-state index contributed by atoms with van der Waals surface area (Å²) in [5, 5.41) is 10.8. The van der Waals surface area contributed by atoms with Gasteiger partial charge in [-0.25, -0.2) is 9.67 Å². The van der Waals surface area contributed by atoms with E-state index in [4.69, 9.17) is 0 Å². The molecule has 1 aromatic carbocycles. The van der Waals surface area contributed by atoms with Crippen molar-refractivity contribution in [2.24, 2.45) is 0 Å². The Labute approximate surface area is 190 Å². The highest BCUT2D eigenvalue weighted by Crippen LogP contribution is 2.32. The SMILES string of the molecule is Cc1nn(CC(=O)NC(C)c2cccc(-n3cccc3)c2)c2nccc(-c3cccs3)c12. The van der Waals surface area contributed by atoms with E-state index >= 15 is 0 Å². The number of carbonyl (C=O) groups is 1. The molecule has 1 atom stereocenters. The van der Waals surface area contributed by atoms with Crippen molar-refractivity contribution in [1.29, 1.82) is 0 Å². The number of aryl methyl sites for hydroxylation is 1. The first-order chi connectivity index (χ1) is 15.6. The second kappa shape index (κ2) is 8.43. The number of carbonyl (C=O) groups excluding carboxylic acids is 1. The number of rotatable bonds is 6. The molecule has 0 fully saturated rings. The average molecular weight is 442 g/mol. The molecule has 0 spiro atoms. The molecule has 0 radical (unpaired) electrons. The molecule has 0 aliphatic heterocycles.